The van der Waals surface area contributed by atoms with Crippen LogP contribution in [0.5, 0.6) is 0 Å². The normalized spacial score (nSPS) is 16.2. The van der Waals surface area contributed by atoms with Crippen LogP contribution in [-0.4, -0.2) is 6.61 Å². The van der Waals surface area contributed by atoms with E-state index in [0.29, 0.717) is 5.41 Å². The maximum absolute atomic E-state index is 4.74. The second kappa shape index (κ2) is 3.65. The van der Waals surface area contributed by atoms with Crippen molar-refractivity contribution in [3.63, 3.8) is 0 Å². The third kappa shape index (κ3) is 10.5. The summed E-state index contributed by atoms with van der Waals surface area (Å²) < 4.78 is 4.74. The Bertz CT molecular complexity index is 96.4. The second-order valence-electron chi connectivity index (χ2n) is 4.14. The smallest absolute Gasteiger partial charge is 0.0947 e. The largest absolute Gasteiger partial charge is 0.498 e. The molecule has 0 aromatic heterocycles. The molecule has 1 aliphatic heterocycles. The van der Waals surface area contributed by atoms with Crippen molar-refractivity contribution in [1.29, 1.82) is 0 Å². The van der Waals surface area contributed by atoms with E-state index in [-0.39, 0.29) is 0 Å². The van der Waals surface area contributed by atoms with Crippen molar-refractivity contribution in [3.8, 4) is 0 Å². The molecule has 1 saturated heterocycles. The molecule has 60 valence electrons. The first kappa shape index (κ1) is 9.54. The zero-order valence-corrected chi connectivity index (χ0v) is 7.53. The van der Waals surface area contributed by atoms with Gasteiger partial charge in [-0.1, -0.05) is 34.3 Å². The first-order chi connectivity index (χ1) is 4.39. The molecule has 10 heavy (non-hydrogen) atoms. The summed E-state index contributed by atoms with van der Waals surface area (Å²) in [5, 5.41) is 0. The summed E-state index contributed by atoms with van der Waals surface area (Å²) in [5.74, 6) is 0.935. The van der Waals surface area contributed by atoms with E-state index < -0.39 is 0 Å². The average molecular weight is 142 g/mol. The summed E-state index contributed by atoms with van der Waals surface area (Å²) in [6.45, 7) is 13.2. The van der Waals surface area contributed by atoms with Crippen LogP contribution in [0.4, 0.5) is 0 Å². The van der Waals surface area contributed by atoms with E-state index in [1.165, 1.54) is 0 Å². The second-order valence-corrected chi connectivity index (χ2v) is 4.14. The summed E-state index contributed by atoms with van der Waals surface area (Å²) >= 11 is 0. The SMILES string of the molecule is C=C1CCO1.CC(C)(C)C. The molecule has 1 fully saturated rings. The van der Waals surface area contributed by atoms with Crippen molar-refractivity contribution in [3.05, 3.63) is 12.3 Å². The minimum Gasteiger partial charge on any atom is -0.498 e. The van der Waals surface area contributed by atoms with Gasteiger partial charge in [-0.15, -0.1) is 0 Å². The molecular formula is C9H18O. The molecule has 1 rings (SSSR count). The summed E-state index contributed by atoms with van der Waals surface area (Å²) in [6.07, 6.45) is 1.07. The molecule has 0 aliphatic carbocycles. The third-order valence-electron chi connectivity index (χ3n) is 0.687. The lowest BCUT2D eigenvalue weighted by Gasteiger charge is -2.15. The average Bonchev–Trinajstić information content (AvgIpc) is 1.56. The van der Waals surface area contributed by atoms with Crippen LogP contribution in [0.25, 0.3) is 0 Å². The lowest BCUT2D eigenvalue weighted by molar-refractivity contribution is 0.120. The molecular weight excluding hydrogens is 124 g/mol. The van der Waals surface area contributed by atoms with Crippen molar-refractivity contribution < 1.29 is 4.74 Å². The van der Waals surface area contributed by atoms with Crippen molar-refractivity contribution >= 4 is 0 Å². The van der Waals surface area contributed by atoms with Gasteiger partial charge in [0.2, 0.25) is 0 Å². The van der Waals surface area contributed by atoms with Gasteiger partial charge in [0.05, 0.1) is 12.4 Å². The summed E-state index contributed by atoms with van der Waals surface area (Å²) in [4.78, 5) is 0. The van der Waals surface area contributed by atoms with E-state index in [0.717, 1.165) is 18.8 Å². The maximum atomic E-state index is 4.74. The topological polar surface area (TPSA) is 9.23 Å². The van der Waals surface area contributed by atoms with Gasteiger partial charge in [-0.2, -0.15) is 0 Å². The van der Waals surface area contributed by atoms with Crippen LogP contribution in [-0.2, 0) is 4.74 Å². The van der Waals surface area contributed by atoms with Gasteiger partial charge >= 0.3 is 0 Å². The molecule has 0 radical (unpaired) electrons. The lowest BCUT2D eigenvalue weighted by Crippen LogP contribution is -2.05. The molecule has 0 bridgehead atoms. The fraction of sp³-hybridized carbons (Fsp3) is 0.778. The Morgan fingerprint density at radius 1 is 1.30 bits per heavy atom. The first-order valence-corrected chi connectivity index (χ1v) is 3.70. The number of hydrogen-bond donors (Lipinski definition) is 0. The summed E-state index contributed by atoms with van der Waals surface area (Å²) in [6, 6.07) is 0. The van der Waals surface area contributed by atoms with Crippen molar-refractivity contribution in [2.45, 2.75) is 34.1 Å². The maximum Gasteiger partial charge on any atom is 0.0947 e. The Morgan fingerprint density at radius 3 is 1.50 bits per heavy atom. The van der Waals surface area contributed by atoms with Gasteiger partial charge in [-0.05, 0) is 5.41 Å². The van der Waals surface area contributed by atoms with Gasteiger partial charge < -0.3 is 4.74 Å². The van der Waals surface area contributed by atoms with Crippen LogP contribution in [0.15, 0.2) is 12.3 Å². The molecule has 0 amide bonds. The van der Waals surface area contributed by atoms with E-state index in [1.54, 1.807) is 0 Å². The van der Waals surface area contributed by atoms with Gasteiger partial charge in [-0.25, -0.2) is 0 Å². The molecule has 1 aliphatic rings. The standard InChI is InChI=1S/C5H12.C4H6O/c1-5(2,3)4;1-4-2-3-5-4/h1-4H3;1-3H2. The molecule has 0 saturated carbocycles. The van der Waals surface area contributed by atoms with E-state index in [1.807, 2.05) is 0 Å². The highest BCUT2D eigenvalue weighted by Gasteiger charge is 2.02. The van der Waals surface area contributed by atoms with Crippen molar-refractivity contribution in [2.75, 3.05) is 6.61 Å². The molecule has 0 spiro atoms. The van der Waals surface area contributed by atoms with Gasteiger partial charge in [0, 0.05) is 6.42 Å². The molecule has 1 heterocycles. The zero-order chi connectivity index (χ0) is 8.20. The quantitative estimate of drug-likeness (QED) is 0.505. The van der Waals surface area contributed by atoms with Crippen LogP contribution < -0.4 is 0 Å². The Kier molecular flexibility index (Phi) is 3.48. The number of ether oxygens (including phenoxy) is 1. The monoisotopic (exact) mass is 142 g/mol. The lowest BCUT2D eigenvalue weighted by atomic mass is 10.0. The minimum atomic E-state index is 0.500. The van der Waals surface area contributed by atoms with Crippen LogP contribution in [0.1, 0.15) is 34.1 Å². The molecule has 0 N–H and O–H groups in total. The van der Waals surface area contributed by atoms with Gasteiger partial charge in [0.1, 0.15) is 0 Å². The van der Waals surface area contributed by atoms with Crippen LogP contribution >= 0.6 is 0 Å². The molecule has 0 atom stereocenters. The van der Waals surface area contributed by atoms with Crippen LogP contribution in [0, 0.1) is 5.41 Å². The molecule has 0 aromatic carbocycles. The molecule has 0 unspecified atom stereocenters. The summed E-state index contributed by atoms with van der Waals surface area (Å²) in [5.41, 5.74) is 0.500. The fourth-order valence-electron chi connectivity index (χ4n) is 0.246. The van der Waals surface area contributed by atoms with Crippen LogP contribution in [0.3, 0.4) is 0 Å². The van der Waals surface area contributed by atoms with Crippen LogP contribution in [0.2, 0.25) is 0 Å². The van der Waals surface area contributed by atoms with Crippen molar-refractivity contribution in [1.82, 2.24) is 0 Å². The number of hydrogen-bond acceptors (Lipinski definition) is 1. The van der Waals surface area contributed by atoms with Gasteiger partial charge in [0.25, 0.3) is 0 Å². The number of rotatable bonds is 0. The Hall–Kier alpha value is -0.460. The van der Waals surface area contributed by atoms with Gasteiger partial charge in [-0.3, -0.25) is 0 Å². The zero-order valence-electron chi connectivity index (χ0n) is 7.53. The molecule has 0 aromatic rings. The Morgan fingerprint density at radius 2 is 1.50 bits per heavy atom. The fourth-order valence-corrected chi connectivity index (χ4v) is 0.246. The van der Waals surface area contributed by atoms with E-state index in [4.69, 9.17) is 4.74 Å². The Labute approximate surface area is 64.1 Å². The molecule has 1 nitrogen and oxygen atoms in total. The minimum absolute atomic E-state index is 0.500. The third-order valence-corrected chi connectivity index (χ3v) is 0.687. The van der Waals surface area contributed by atoms with E-state index in [9.17, 15) is 0 Å². The van der Waals surface area contributed by atoms with E-state index >= 15 is 0 Å². The highest BCUT2D eigenvalue weighted by atomic mass is 16.5. The molecule has 1 heteroatoms. The summed E-state index contributed by atoms with van der Waals surface area (Å²) in [7, 11) is 0. The predicted octanol–water partition coefficient (Wildman–Crippen LogP) is 2.97. The highest BCUT2D eigenvalue weighted by Crippen LogP contribution is 2.10. The van der Waals surface area contributed by atoms with Gasteiger partial charge in [0.15, 0.2) is 0 Å². The van der Waals surface area contributed by atoms with Crippen molar-refractivity contribution in [2.24, 2.45) is 5.41 Å². The predicted molar refractivity (Wildman–Crippen MR) is 44.8 cm³/mol. The van der Waals surface area contributed by atoms with E-state index in [2.05, 4.69) is 34.3 Å². The first-order valence-electron chi connectivity index (χ1n) is 3.70. The highest BCUT2D eigenvalue weighted by molar-refractivity contribution is 4.89. The Balaban J connectivity index is 0.000000162.